The Labute approximate surface area is 232 Å². The largest absolute Gasteiger partial charge is 0.320 e. The van der Waals surface area contributed by atoms with Crippen molar-refractivity contribution >= 4 is 23.4 Å². The highest BCUT2D eigenvalue weighted by Crippen LogP contribution is 2.70. The van der Waals surface area contributed by atoms with Crippen molar-refractivity contribution < 1.29 is 19.2 Å². The third kappa shape index (κ3) is 2.74. The zero-order valence-corrected chi connectivity index (χ0v) is 22.4. The highest BCUT2D eigenvalue weighted by molar-refractivity contribution is 6.09. The van der Waals surface area contributed by atoms with Gasteiger partial charge in [-0.25, -0.2) is 0 Å². The summed E-state index contributed by atoms with van der Waals surface area (Å²) < 4.78 is 0. The summed E-state index contributed by atoms with van der Waals surface area (Å²) in [5.41, 5.74) is 9.96. The number of piperidine rings is 1. The Kier molecular flexibility index (Phi) is 4.73. The minimum absolute atomic E-state index is 0.0202. The second-order valence-electron chi connectivity index (χ2n) is 12.4. The number of ketones is 2. The number of fused-ring (bicyclic) bond motifs is 2. The van der Waals surface area contributed by atoms with Crippen LogP contribution in [0.2, 0.25) is 0 Å². The summed E-state index contributed by atoms with van der Waals surface area (Å²) in [5, 5.41) is 0. The number of amides is 2. The summed E-state index contributed by atoms with van der Waals surface area (Å²) in [5.74, 6) is 0.432. The third-order valence-corrected chi connectivity index (χ3v) is 11.0. The van der Waals surface area contributed by atoms with Crippen LogP contribution in [-0.2, 0) is 19.8 Å². The molecule has 8 rings (SSSR count). The van der Waals surface area contributed by atoms with Gasteiger partial charge >= 0.3 is 0 Å². The Hall–Kier alpha value is -3.84. The Morgan fingerprint density at radius 1 is 1.07 bits per heavy atom. The molecule has 2 amide bonds. The molecule has 2 N–H and O–H groups in total. The quantitative estimate of drug-likeness (QED) is 0.599. The van der Waals surface area contributed by atoms with E-state index in [1.807, 2.05) is 36.4 Å². The molecule has 2 spiro atoms. The highest BCUT2D eigenvalue weighted by Gasteiger charge is 2.72. The maximum atomic E-state index is 13.6. The molecule has 7 atom stereocenters. The van der Waals surface area contributed by atoms with Crippen molar-refractivity contribution in [3.05, 3.63) is 94.9 Å². The number of carbonyl (C=O) groups excluding carboxylic acids is 4. The van der Waals surface area contributed by atoms with Crippen molar-refractivity contribution in [2.24, 2.45) is 34.8 Å². The Morgan fingerprint density at radius 3 is 2.67 bits per heavy atom. The van der Waals surface area contributed by atoms with E-state index in [1.54, 1.807) is 22.0 Å². The number of carbonyl (C=O) groups is 4. The standard InChI is InChI=1S/C33H31N3O4/c1-18-24-17-36(29-15-27(38)21-7-3-5-9-23(21)33(18,24)29)31(40)25(34)10-11-30(39)35-16-19-12-13-32(19)22-8-4-2-6-20(22)26(37)14-28(32)35/h2-7,9,12-15,18-19,22,24-25H,8,10-11,16-17,34H2,1H3/t18-,19-,22?,24+,25+,32-,33+/m1/s1. The fourth-order valence-corrected chi connectivity index (χ4v) is 8.87. The SMILES string of the molecule is C[C@@H]1[C@@H]2CN(C(=O)[C@@H](N)CCC(=O)N3C[C@H]4C=C[C@@]45C3=CC(=O)C3=CC=CCC35)C3=CC(=O)c4ccccc4[C@@]312. The summed E-state index contributed by atoms with van der Waals surface area (Å²) >= 11 is 0. The van der Waals surface area contributed by atoms with Gasteiger partial charge in [-0.05, 0) is 30.2 Å². The van der Waals surface area contributed by atoms with E-state index in [-0.39, 0.29) is 64.8 Å². The van der Waals surface area contributed by atoms with E-state index < -0.39 is 6.04 Å². The van der Waals surface area contributed by atoms with Gasteiger partial charge in [0.2, 0.25) is 11.8 Å². The Balaban J connectivity index is 0.989. The monoisotopic (exact) mass is 533 g/mol. The van der Waals surface area contributed by atoms with Crippen LogP contribution in [0.15, 0.2) is 83.8 Å². The van der Waals surface area contributed by atoms with Gasteiger partial charge in [0.1, 0.15) is 0 Å². The molecule has 2 heterocycles. The number of nitrogens with zero attached hydrogens (tertiary/aromatic N) is 2. The first-order valence-corrected chi connectivity index (χ1v) is 14.4. The van der Waals surface area contributed by atoms with Crippen LogP contribution >= 0.6 is 0 Å². The van der Waals surface area contributed by atoms with Gasteiger partial charge in [-0.15, -0.1) is 0 Å². The molecule has 2 saturated heterocycles. The van der Waals surface area contributed by atoms with Gasteiger partial charge in [0.15, 0.2) is 11.6 Å². The van der Waals surface area contributed by atoms with Gasteiger partial charge in [-0.3, -0.25) is 19.2 Å². The minimum atomic E-state index is -0.853. The summed E-state index contributed by atoms with van der Waals surface area (Å²) in [6.07, 6.45) is 14.7. The van der Waals surface area contributed by atoms with Crippen LogP contribution in [0.3, 0.4) is 0 Å². The molecule has 1 aromatic rings. The van der Waals surface area contributed by atoms with Crippen molar-refractivity contribution in [3.8, 4) is 0 Å². The van der Waals surface area contributed by atoms with Crippen LogP contribution < -0.4 is 5.73 Å². The zero-order chi connectivity index (χ0) is 27.6. The molecule has 7 aliphatic rings. The molecule has 7 nitrogen and oxygen atoms in total. The molecule has 5 aliphatic carbocycles. The molecule has 1 saturated carbocycles. The first-order valence-electron chi connectivity index (χ1n) is 14.4. The lowest BCUT2D eigenvalue weighted by Crippen LogP contribution is -2.46. The van der Waals surface area contributed by atoms with Crippen molar-refractivity contribution in [1.29, 1.82) is 0 Å². The van der Waals surface area contributed by atoms with Crippen LogP contribution in [0.5, 0.6) is 0 Å². The Bertz CT molecular complexity index is 1600. The van der Waals surface area contributed by atoms with E-state index >= 15 is 0 Å². The smallest absolute Gasteiger partial charge is 0.243 e. The molecule has 0 bridgehead atoms. The first kappa shape index (κ1) is 24.0. The lowest BCUT2D eigenvalue weighted by Gasteiger charge is -2.48. The van der Waals surface area contributed by atoms with Crippen molar-refractivity contribution in [2.45, 2.75) is 37.6 Å². The predicted octanol–water partition coefficient (Wildman–Crippen LogP) is 3.20. The minimum Gasteiger partial charge on any atom is -0.320 e. The predicted molar refractivity (Wildman–Crippen MR) is 147 cm³/mol. The zero-order valence-electron chi connectivity index (χ0n) is 22.4. The molecular weight excluding hydrogens is 502 g/mol. The van der Waals surface area contributed by atoms with E-state index in [1.165, 1.54) is 0 Å². The summed E-state index contributed by atoms with van der Waals surface area (Å²) in [6.45, 7) is 3.27. The van der Waals surface area contributed by atoms with Crippen molar-refractivity contribution in [3.63, 3.8) is 0 Å². The van der Waals surface area contributed by atoms with Crippen LogP contribution in [0, 0.1) is 29.1 Å². The van der Waals surface area contributed by atoms with Gasteiger partial charge in [0, 0.05) is 76.9 Å². The first-order chi connectivity index (χ1) is 19.3. The summed E-state index contributed by atoms with van der Waals surface area (Å²) in [7, 11) is 0. The van der Waals surface area contributed by atoms with E-state index in [9.17, 15) is 19.2 Å². The molecular formula is C33H31N3O4. The average Bonchev–Trinajstić information content (AvgIpc) is 3.24. The summed E-state index contributed by atoms with van der Waals surface area (Å²) in [6, 6.07) is 6.86. The van der Waals surface area contributed by atoms with Crippen LogP contribution in [-0.4, -0.2) is 52.3 Å². The Morgan fingerprint density at radius 2 is 1.88 bits per heavy atom. The summed E-state index contributed by atoms with van der Waals surface area (Å²) in [4.78, 5) is 56.5. The number of hydrogen-bond donors (Lipinski definition) is 1. The molecule has 1 unspecified atom stereocenters. The van der Waals surface area contributed by atoms with E-state index in [0.29, 0.717) is 19.0 Å². The van der Waals surface area contributed by atoms with Gasteiger partial charge in [-0.1, -0.05) is 61.6 Å². The maximum absolute atomic E-state index is 13.6. The number of hydrogen-bond acceptors (Lipinski definition) is 5. The second-order valence-corrected chi connectivity index (χ2v) is 12.4. The number of rotatable bonds is 4. The third-order valence-electron chi connectivity index (χ3n) is 11.0. The number of nitrogens with two attached hydrogens (primary N) is 1. The fraction of sp³-hybridized carbons (Fsp3) is 0.394. The molecule has 202 valence electrons. The van der Waals surface area contributed by atoms with E-state index in [2.05, 4.69) is 25.2 Å². The molecule has 0 radical (unpaired) electrons. The fourth-order valence-electron chi connectivity index (χ4n) is 8.87. The molecule has 7 heteroatoms. The lowest BCUT2D eigenvalue weighted by atomic mass is 9.54. The molecule has 3 fully saturated rings. The van der Waals surface area contributed by atoms with Crippen LogP contribution in [0.25, 0.3) is 0 Å². The second kappa shape index (κ2) is 7.88. The topological polar surface area (TPSA) is 101 Å². The van der Waals surface area contributed by atoms with Gasteiger partial charge < -0.3 is 15.5 Å². The van der Waals surface area contributed by atoms with Gasteiger partial charge in [0.05, 0.1) is 6.04 Å². The van der Waals surface area contributed by atoms with Gasteiger partial charge in [0.25, 0.3) is 0 Å². The lowest BCUT2D eigenvalue weighted by molar-refractivity contribution is -0.131. The van der Waals surface area contributed by atoms with Crippen molar-refractivity contribution in [1.82, 2.24) is 9.80 Å². The maximum Gasteiger partial charge on any atom is 0.243 e. The number of benzene rings is 1. The highest BCUT2D eigenvalue weighted by atomic mass is 16.2. The molecule has 40 heavy (non-hydrogen) atoms. The van der Waals surface area contributed by atoms with Gasteiger partial charge in [-0.2, -0.15) is 0 Å². The van der Waals surface area contributed by atoms with Crippen LogP contribution in [0.1, 0.15) is 42.1 Å². The van der Waals surface area contributed by atoms with Crippen molar-refractivity contribution in [2.75, 3.05) is 13.1 Å². The average molecular weight is 534 g/mol. The van der Waals surface area contributed by atoms with E-state index in [4.69, 9.17) is 5.73 Å². The molecule has 0 aromatic heterocycles. The molecule has 1 aromatic carbocycles. The van der Waals surface area contributed by atoms with E-state index in [0.717, 1.165) is 34.5 Å². The number of likely N-dealkylation sites (tertiary alicyclic amines) is 2. The molecule has 2 aliphatic heterocycles. The number of allylic oxidation sites excluding steroid dienone is 8. The normalized spacial score (nSPS) is 36.2. The van der Waals surface area contributed by atoms with Crippen LogP contribution in [0.4, 0.5) is 0 Å².